The molecule has 56 valence electrons. The van der Waals surface area contributed by atoms with Crippen LogP contribution in [0.3, 0.4) is 0 Å². The molecule has 1 aromatic heterocycles. The molecule has 0 atom stereocenters. The second kappa shape index (κ2) is 2.40. The summed E-state index contributed by atoms with van der Waals surface area (Å²) < 4.78 is 0.795. The summed E-state index contributed by atoms with van der Waals surface area (Å²) in [7, 11) is 1.39. The summed E-state index contributed by atoms with van der Waals surface area (Å²) in [5, 5.41) is 5.58. The van der Waals surface area contributed by atoms with E-state index >= 15 is 0 Å². The van der Waals surface area contributed by atoms with Gasteiger partial charge < -0.3 is 5.84 Å². The topological polar surface area (TPSA) is 98.0 Å². The summed E-state index contributed by atoms with van der Waals surface area (Å²) in [5.74, 6) is 5.29. The van der Waals surface area contributed by atoms with E-state index < -0.39 is 5.69 Å². The molecule has 0 bridgehead atoms. The first-order valence-corrected chi connectivity index (χ1v) is 2.47. The minimum atomic E-state index is -0.500. The molecule has 1 aromatic rings. The number of hydrogen-bond donors (Lipinski definition) is 3. The second-order valence-corrected chi connectivity index (χ2v) is 1.53. The van der Waals surface area contributed by atoms with E-state index in [2.05, 4.69) is 20.5 Å². The molecule has 0 amide bonds. The fraction of sp³-hybridized carbons (Fsp3) is 0.333. The van der Waals surface area contributed by atoms with E-state index in [1.807, 2.05) is 0 Å². The van der Waals surface area contributed by atoms with E-state index in [9.17, 15) is 4.79 Å². The monoisotopic (exact) mass is 145 g/mol. The van der Waals surface area contributed by atoms with Crippen LogP contribution in [0.5, 0.6) is 0 Å². The Morgan fingerprint density at radius 2 is 2.60 bits per heavy atom. The molecule has 0 aliphatic carbocycles. The third kappa shape index (κ3) is 0.935. The Morgan fingerprint density at radius 3 is 3.00 bits per heavy atom. The van der Waals surface area contributed by atoms with Crippen LogP contribution < -0.4 is 17.0 Å². The zero-order valence-electron chi connectivity index (χ0n) is 5.29. The second-order valence-electron chi connectivity index (χ2n) is 1.53. The summed E-state index contributed by atoms with van der Waals surface area (Å²) >= 11 is 0. The molecule has 0 aliphatic rings. The Morgan fingerprint density at radius 1 is 1.90 bits per heavy atom. The largest absolute Gasteiger partial charge is 0.363 e. The average Bonchev–Trinajstić information content (AvgIpc) is 2.20. The van der Waals surface area contributed by atoms with Crippen molar-refractivity contribution in [2.45, 2.75) is 0 Å². The van der Waals surface area contributed by atoms with Gasteiger partial charge in [0.15, 0.2) is 0 Å². The Labute approximate surface area is 55.7 Å². The summed E-state index contributed by atoms with van der Waals surface area (Å²) in [6.45, 7) is 0. The summed E-state index contributed by atoms with van der Waals surface area (Å²) in [6, 6.07) is 0. The lowest BCUT2D eigenvalue weighted by atomic mass is 11.0. The molecular formula is C3H7N5O2. The molecule has 0 unspecified atom stereocenters. The minimum absolute atomic E-state index is 0.132. The van der Waals surface area contributed by atoms with Crippen molar-refractivity contribution in [3.05, 3.63) is 10.5 Å². The molecule has 0 spiro atoms. The molecule has 7 heteroatoms. The predicted molar refractivity (Wildman–Crippen MR) is 33.6 cm³/mol. The molecule has 0 saturated carbocycles. The first-order chi connectivity index (χ1) is 4.75. The third-order valence-corrected chi connectivity index (χ3v) is 0.898. The standard InChI is InChI=1S/C3H7N5O2/c1-10-7-2-5-6-3(9)8(2)4/h4H2,1H3,(H,5,7)(H,6,9). The van der Waals surface area contributed by atoms with Crippen LogP contribution in [0.25, 0.3) is 0 Å². The van der Waals surface area contributed by atoms with Gasteiger partial charge in [0.2, 0.25) is 0 Å². The van der Waals surface area contributed by atoms with Gasteiger partial charge in [-0.15, -0.1) is 5.10 Å². The SMILES string of the molecule is CONc1n[nH]c(=O)n1N. The first kappa shape index (κ1) is 6.62. The molecule has 0 aliphatic heterocycles. The Balaban J connectivity index is 2.94. The minimum Gasteiger partial charge on any atom is -0.332 e. The number of nitrogen functional groups attached to an aromatic ring is 1. The van der Waals surface area contributed by atoms with E-state index in [4.69, 9.17) is 5.84 Å². The normalized spacial score (nSPS) is 9.70. The number of aromatic amines is 1. The van der Waals surface area contributed by atoms with E-state index in [0.29, 0.717) is 0 Å². The maximum Gasteiger partial charge on any atom is 0.363 e. The highest BCUT2D eigenvalue weighted by Gasteiger charge is 2.01. The molecule has 1 rings (SSSR count). The van der Waals surface area contributed by atoms with Gasteiger partial charge in [-0.3, -0.25) is 4.84 Å². The zero-order chi connectivity index (χ0) is 7.56. The molecule has 10 heavy (non-hydrogen) atoms. The van der Waals surface area contributed by atoms with Crippen LogP contribution in [0.2, 0.25) is 0 Å². The van der Waals surface area contributed by atoms with Crippen molar-refractivity contribution in [2.24, 2.45) is 0 Å². The van der Waals surface area contributed by atoms with Crippen molar-refractivity contribution in [3.63, 3.8) is 0 Å². The molecular weight excluding hydrogens is 138 g/mol. The number of nitrogens with one attached hydrogen (secondary N) is 2. The van der Waals surface area contributed by atoms with Crippen LogP contribution in [0.15, 0.2) is 4.79 Å². The van der Waals surface area contributed by atoms with Crippen molar-refractivity contribution >= 4 is 5.95 Å². The van der Waals surface area contributed by atoms with E-state index in [0.717, 1.165) is 4.68 Å². The number of aromatic nitrogens is 3. The van der Waals surface area contributed by atoms with Gasteiger partial charge in [-0.2, -0.15) is 4.68 Å². The molecule has 0 aromatic carbocycles. The van der Waals surface area contributed by atoms with Gasteiger partial charge in [-0.1, -0.05) is 0 Å². The van der Waals surface area contributed by atoms with Crippen molar-refractivity contribution in [2.75, 3.05) is 18.4 Å². The van der Waals surface area contributed by atoms with Gasteiger partial charge in [-0.05, 0) is 0 Å². The zero-order valence-corrected chi connectivity index (χ0v) is 5.29. The maximum absolute atomic E-state index is 10.5. The predicted octanol–water partition coefficient (Wildman–Crippen LogP) is -1.74. The lowest BCUT2D eigenvalue weighted by Gasteiger charge is -1.97. The molecule has 4 N–H and O–H groups in total. The molecule has 0 radical (unpaired) electrons. The van der Waals surface area contributed by atoms with Crippen LogP contribution in [0.1, 0.15) is 0 Å². The highest BCUT2D eigenvalue weighted by atomic mass is 16.6. The smallest absolute Gasteiger partial charge is 0.332 e. The van der Waals surface area contributed by atoms with Crippen molar-refractivity contribution in [1.82, 2.24) is 14.9 Å². The van der Waals surface area contributed by atoms with Gasteiger partial charge in [0.1, 0.15) is 0 Å². The highest BCUT2D eigenvalue weighted by molar-refractivity contribution is 5.18. The Kier molecular flexibility index (Phi) is 1.59. The van der Waals surface area contributed by atoms with Crippen molar-refractivity contribution < 1.29 is 4.84 Å². The fourth-order valence-corrected chi connectivity index (χ4v) is 0.468. The van der Waals surface area contributed by atoms with Gasteiger partial charge in [-0.25, -0.2) is 15.4 Å². The fourth-order valence-electron chi connectivity index (χ4n) is 0.468. The van der Waals surface area contributed by atoms with E-state index in [1.54, 1.807) is 0 Å². The third-order valence-electron chi connectivity index (χ3n) is 0.898. The summed E-state index contributed by atoms with van der Waals surface area (Å²) in [4.78, 5) is 15.0. The molecule has 0 saturated heterocycles. The van der Waals surface area contributed by atoms with Gasteiger partial charge in [0.25, 0.3) is 5.95 Å². The molecule has 0 fully saturated rings. The first-order valence-electron chi connectivity index (χ1n) is 2.47. The number of H-pyrrole nitrogens is 1. The summed E-state index contributed by atoms with van der Waals surface area (Å²) in [6.07, 6.45) is 0. The maximum atomic E-state index is 10.5. The van der Waals surface area contributed by atoms with Crippen LogP contribution >= 0.6 is 0 Å². The van der Waals surface area contributed by atoms with Crippen LogP contribution in [0, 0.1) is 0 Å². The van der Waals surface area contributed by atoms with Crippen LogP contribution in [-0.4, -0.2) is 22.0 Å². The number of rotatable bonds is 2. The lowest BCUT2D eigenvalue weighted by Crippen LogP contribution is -2.25. The average molecular weight is 145 g/mol. The van der Waals surface area contributed by atoms with Gasteiger partial charge in [0, 0.05) is 0 Å². The summed E-state index contributed by atoms with van der Waals surface area (Å²) in [5.41, 5.74) is 1.79. The van der Waals surface area contributed by atoms with E-state index in [-0.39, 0.29) is 5.95 Å². The van der Waals surface area contributed by atoms with Crippen LogP contribution in [-0.2, 0) is 4.84 Å². The molecule has 1 heterocycles. The Bertz CT molecular complexity index is 262. The number of anilines is 1. The number of nitrogens with two attached hydrogens (primary N) is 1. The van der Waals surface area contributed by atoms with Crippen LogP contribution in [0.4, 0.5) is 5.95 Å². The lowest BCUT2D eigenvalue weighted by molar-refractivity contribution is 0.265. The van der Waals surface area contributed by atoms with E-state index in [1.165, 1.54) is 7.11 Å². The molecule has 7 nitrogen and oxygen atoms in total. The van der Waals surface area contributed by atoms with Gasteiger partial charge >= 0.3 is 5.69 Å². The van der Waals surface area contributed by atoms with Crippen molar-refractivity contribution in [1.29, 1.82) is 0 Å². The number of hydrogen-bond acceptors (Lipinski definition) is 5. The van der Waals surface area contributed by atoms with Gasteiger partial charge in [0.05, 0.1) is 7.11 Å². The van der Waals surface area contributed by atoms with Crippen molar-refractivity contribution in [3.8, 4) is 0 Å². The number of nitrogens with zero attached hydrogens (tertiary/aromatic N) is 2. The quantitative estimate of drug-likeness (QED) is 0.339. The highest BCUT2D eigenvalue weighted by Crippen LogP contribution is 1.89. The Hall–Kier alpha value is -1.50.